The summed E-state index contributed by atoms with van der Waals surface area (Å²) in [7, 11) is 1.67. The number of rotatable bonds is 5. The Bertz CT molecular complexity index is 400. The first-order valence-electron chi connectivity index (χ1n) is 6.21. The van der Waals surface area contributed by atoms with Gasteiger partial charge in [0, 0.05) is 12.3 Å². The summed E-state index contributed by atoms with van der Waals surface area (Å²) in [4.78, 5) is 0. The maximum absolute atomic E-state index is 5.87. The van der Waals surface area contributed by atoms with Crippen molar-refractivity contribution < 1.29 is 14.2 Å². The largest absolute Gasteiger partial charge is 0.496 e. The summed E-state index contributed by atoms with van der Waals surface area (Å²) in [6, 6.07) is 6.04. The number of aryl methyl sites for hydroxylation is 1. The molecule has 1 heterocycles. The van der Waals surface area contributed by atoms with Gasteiger partial charge in [-0.25, -0.2) is 0 Å². The molecule has 0 N–H and O–H groups in total. The molecule has 1 fully saturated rings. The first-order chi connectivity index (χ1) is 8.72. The summed E-state index contributed by atoms with van der Waals surface area (Å²) >= 11 is 5.79. The fourth-order valence-electron chi connectivity index (χ4n) is 2.31. The monoisotopic (exact) mass is 270 g/mol. The molecule has 4 heteroatoms. The average molecular weight is 271 g/mol. The molecule has 1 aliphatic rings. The normalized spacial score (nSPS) is 17.9. The smallest absolute Gasteiger partial charge is 0.198 e. The summed E-state index contributed by atoms with van der Waals surface area (Å²) in [6.45, 7) is 3.27. The predicted octanol–water partition coefficient (Wildman–Crippen LogP) is 3.22. The molecule has 0 aromatic heterocycles. The molecular formula is C14H19ClO3. The first kappa shape index (κ1) is 13.7. The molecule has 18 heavy (non-hydrogen) atoms. The van der Waals surface area contributed by atoms with E-state index in [1.165, 1.54) is 0 Å². The summed E-state index contributed by atoms with van der Waals surface area (Å²) in [5, 5.41) is 0. The van der Waals surface area contributed by atoms with E-state index in [9.17, 15) is 0 Å². The highest BCUT2D eigenvalue weighted by Gasteiger charge is 2.40. The van der Waals surface area contributed by atoms with Gasteiger partial charge in [0.1, 0.15) is 5.75 Å². The molecule has 1 saturated heterocycles. The molecule has 100 valence electrons. The second-order valence-electron chi connectivity index (χ2n) is 4.45. The van der Waals surface area contributed by atoms with Gasteiger partial charge in [-0.3, -0.25) is 0 Å². The number of alkyl halides is 1. The highest BCUT2D eigenvalue weighted by atomic mass is 35.5. The van der Waals surface area contributed by atoms with E-state index in [1.54, 1.807) is 7.11 Å². The van der Waals surface area contributed by atoms with E-state index in [4.69, 9.17) is 25.8 Å². The number of hydrogen-bond acceptors (Lipinski definition) is 3. The highest BCUT2D eigenvalue weighted by molar-refractivity contribution is 6.17. The maximum Gasteiger partial charge on any atom is 0.198 e. The topological polar surface area (TPSA) is 27.7 Å². The quantitative estimate of drug-likeness (QED) is 0.769. The fourth-order valence-corrected chi connectivity index (χ4v) is 2.44. The second kappa shape index (κ2) is 5.91. The first-order valence-corrected chi connectivity index (χ1v) is 6.74. The van der Waals surface area contributed by atoms with Crippen molar-refractivity contribution in [2.75, 3.05) is 26.2 Å². The van der Waals surface area contributed by atoms with Crippen molar-refractivity contribution in [2.24, 2.45) is 0 Å². The van der Waals surface area contributed by atoms with Crippen LogP contribution >= 0.6 is 11.6 Å². The molecule has 0 radical (unpaired) electrons. The fraction of sp³-hybridized carbons (Fsp3) is 0.571. The third-order valence-electron chi connectivity index (χ3n) is 3.16. The van der Waals surface area contributed by atoms with Crippen LogP contribution in [-0.4, -0.2) is 26.2 Å². The minimum atomic E-state index is -0.688. The summed E-state index contributed by atoms with van der Waals surface area (Å²) in [5.41, 5.74) is 2.13. The molecule has 0 saturated carbocycles. The number of benzene rings is 1. The van der Waals surface area contributed by atoms with E-state index < -0.39 is 5.79 Å². The Balaban J connectivity index is 2.38. The Hall–Kier alpha value is -0.770. The molecule has 3 nitrogen and oxygen atoms in total. The molecule has 0 spiro atoms. The van der Waals surface area contributed by atoms with Crippen LogP contribution in [0, 0.1) is 6.92 Å². The van der Waals surface area contributed by atoms with Crippen LogP contribution in [0.2, 0.25) is 0 Å². The van der Waals surface area contributed by atoms with E-state index in [1.807, 2.05) is 19.1 Å². The Morgan fingerprint density at radius 2 is 2.06 bits per heavy atom. The lowest BCUT2D eigenvalue weighted by atomic mass is 9.98. The third-order valence-corrected chi connectivity index (χ3v) is 3.43. The maximum atomic E-state index is 5.87. The van der Waals surface area contributed by atoms with Crippen LogP contribution in [-0.2, 0) is 15.3 Å². The van der Waals surface area contributed by atoms with Crippen LogP contribution in [0.4, 0.5) is 0 Å². The van der Waals surface area contributed by atoms with E-state index in [0.29, 0.717) is 19.1 Å². The van der Waals surface area contributed by atoms with E-state index in [0.717, 1.165) is 29.7 Å². The number of methoxy groups -OCH3 is 1. The number of hydrogen-bond donors (Lipinski definition) is 0. The van der Waals surface area contributed by atoms with Crippen molar-refractivity contribution in [2.45, 2.75) is 25.6 Å². The lowest BCUT2D eigenvalue weighted by Crippen LogP contribution is -2.28. The zero-order valence-electron chi connectivity index (χ0n) is 10.9. The molecule has 0 unspecified atom stereocenters. The molecule has 1 aliphatic heterocycles. The van der Waals surface area contributed by atoms with Crippen LogP contribution in [0.3, 0.4) is 0 Å². The highest BCUT2D eigenvalue weighted by Crippen LogP contribution is 2.41. The molecule has 0 amide bonds. The zero-order valence-corrected chi connectivity index (χ0v) is 11.6. The molecule has 0 aliphatic carbocycles. The Kier molecular flexibility index (Phi) is 4.49. The van der Waals surface area contributed by atoms with E-state index >= 15 is 0 Å². The average Bonchev–Trinajstić information content (AvgIpc) is 2.86. The predicted molar refractivity (Wildman–Crippen MR) is 71.3 cm³/mol. The molecule has 2 rings (SSSR count). The van der Waals surface area contributed by atoms with Gasteiger partial charge in [0.15, 0.2) is 5.79 Å². The lowest BCUT2D eigenvalue weighted by Gasteiger charge is -2.29. The van der Waals surface area contributed by atoms with Crippen molar-refractivity contribution in [3.8, 4) is 5.75 Å². The summed E-state index contributed by atoms with van der Waals surface area (Å²) < 4.78 is 17.2. The Morgan fingerprint density at radius 3 is 2.67 bits per heavy atom. The third kappa shape index (κ3) is 2.63. The minimum Gasteiger partial charge on any atom is -0.496 e. The van der Waals surface area contributed by atoms with Gasteiger partial charge in [0.2, 0.25) is 0 Å². The molecule has 0 atom stereocenters. The number of ether oxygens (including phenoxy) is 3. The van der Waals surface area contributed by atoms with Crippen LogP contribution in [0.25, 0.3) is 0 Å². The lowest BCUT2D eigenvalue weighted by molar-refractivity contribution is -0.171. The van der Waals surface area contributed by atoms with Crippen molar-refractivity contribution in [3.63, 3.8) is 0 Å². The van der Waals surface area contributed by atoms with Crippen molar-refractivity contribution in [1.29, 1.82) is 0 Å². The van der Waals surface area contributed by atoms with Gasteiger partial charge in [-0.2, -0.15) is 0 Å². The van der Waals surface area contributed by atoms with Crippen LogP contribution in [0.15, 0.2) is 18.2 Å². The van der Waals surface area contributed by atoms with Gasteiger partial charge < -0.3 is 14.2 Å². The SMILES string of the molecule is COc1ccc(C)cc1C1(CCCCl)OCCO1. The van der Waals surface area contributed by atoms with Gasteiger partial charge in [0.25, 0.3) is 0 Å². The van der Waals surface area contributed by atoms with Gasteiger partial charge in [0.05, 0.1) is 25.9 Å². The van der Waals surface area contributed by atoms with E-state index in [2.05, 4.69) is 6.07 Å². The van der Waals surface area contributed by atoms with Gasteiger partial charge in [-0.05, 0) is 25.5 Å². The minimum absolute atomic E-state index is 0.600. The Morgan fingerprint density at radius 1 is 1.33 bits per heavy atom. The van der Waals surface area contributed by atoms with Crippen LogP contribution in [0.1, 0.15) is 24.0 Å². The number of halogens is 1. The molecular weight excluding hydrogens is 252 g/mol. The van der Waals surface area contributed by atoms with Crippen LogP contribution < -0.4 is 4.74 Å². The van der Waals surface area contributed by atoms with Gasteiger partial charge >= 0.3 is 0 Å². The van der Waals surface area contributed by atoms with Crippen LogP contribution in [0.5, 0.6) is 5.75 Å². The standard InChI is InChI=1S/C14H19ClO3/c1-11-4-5-13(16-2)12(10-11)14(6-3-7-15)17-8-9-18-14/h4-5,10H,3,6-9H2,1-2H3. The summed E-state index contributed by atoms with van der Waals surface area (Å²) in [5.74, 6) is 0.714. The van der Waals surface area contributed by atoms with Crippen molar-refractivity contribution in [3.05, 3.63) is 29.3 Å². The van der Waals surface area contributed by atoms with Crippen molar-refractivity contribution >= 4 is 11.6 Å². The van der Waals surface area contributed by atoms with Crippen molar-refractivity contribution in [1.82, 2.24) is 0 Å². The molecule has 0 bridgehead atoms. The molecule has 1 aromatic carbocycles. The zero-order chi connectivity index (χ0) is 13.0. The molecule has 1 aromatic rings. The van der Waals surface area contributed by atoms with Gasteiger partial charge in [-0.15, -0.1) is 11.6 Å². The van der Waals surface area contributed by atoms with Gasteiger partial charge in [-0.1, -0.05) is 11.6 Å². The van der Waals surface area contributed by atoms with E-state index in [-0.39, 0.29) is 0 Å². The Labute approximate surface area is 113 Å². The second-order valence-corrected chi connectivity index (χ2v) is 4.82. The summed E-state index contributed by atoms with van der Waals surface area (Å²) in [6.07, 6.45) is 1.59.